The lowest BCUT2D eigenvalue weighted by atomic mass is 10.0. The first kappa shape index (κ1) is 23.8. The van der Waals surface area contributed by atoms with Crippen LogP contribution in [0.2, 0.25) is 0 Å². The molecule has 3 rings (SSSR count). The highest BCUT2D eigenvalue weighted by molar-refractivity contribution is 5.82. The van der Waals surface area contributed by atoms with Crippen molar-refractivity contribution in [3.63, 3.8) is 0 Å². The Morgan fingerprint density at radius 2 is 1.61 bits per heavy atom. The molecule has 1 aliphatic carbocycles. The molecule has 3 fully saturated rings. The van der Waals surface area contributed by atoms with E-state index < -0.39 is 0 Å². The van der Waals surface area contributed by atoms with Gasteiger partial charge in [-0.1, -0.05) is 12.8 Å². The van der Waals surface area contributed by atoms with Gasteiger partial charge < -0.3 is 20.4 Å². The Hall–Kier alpha value is -1.83. The van der Waals surface area contributed by atoms with E-state index in [2.05, 4.69) is 27.4 Å². The topological polar surface area (TPSA) is 80.3 Å². The Kier molecular flexibility index (Phi) is 9.43. The van der Waals surface area contributed by atoms with E-state index in [1.165, 1.54) is 25.7 Å². The summed E-state index contributed by atoms with van der Waals surface area (Å²) in [4.78, 5) is 36.1. The van der Waals surface area contributed by atoms with E-state index in [1.807, 2.05) is 11.8 Å². The third kappa shape index (κ3) is 7.09. The maximum absolute atomic E-state index is 12.7. The number of hydrogen-bond donors (Lipinski definition) is 2. The van der Waals surface area contributed by atoms with E-state index in [9.17, 15) is 9.59 Å². The zero-order chi connectivity index (χ0) is 22.1. The number of guanidine groups is 1. The number of nitrogens with zero attached hydrogens (tertiary/aromatic N) is 4. The number of rotatable bonds is 8. The molecule has 2 heterocycles. The number of carbonyl (C=O) groups is 2. The molecule has 2 saturated heterocycles. The minimum atomic E-state index is -0.0464. The number of aliphatic imine (C=N–C) groups is 1. The number of nitrogens with one attached hydrogen (secondary N) is 2. The second-order valence-electron chi connectivity index (χ2n) is 9.17. The fraction of sp³-hybridized carbons (Fsp3) is 0.870. The molecule has 0 radical (unpaired) electrons. The SMILES string of the molecule is CCNC(=NCCNC(=O)CC1CCCC1)N1CCN(C(C)C(=O)N2CCCC2)CC1. The van der Waals surface area contributed by atoms with E-state index >= 15 is 0 Å². The van der Waals surface area contributed by atoms with Gasteiger partial charge in [0.1, 0.15) is 0 Å². The highest BCUT2D eigenvalue weighted by Gasteiger charge is 2.30. The molecule has 31 heavy (non-hydrogen) atoms. The van der Waals surface area contributed by atoms with Crippen LogP contribution in [-0.2, 0) is 9.59 Å². The van der Waals surface area contributed by atoms with Crippen LogP contribution in [-0.4, -0.2) is 97.4 Å². The second kappa shape index (κ2) is 12.3. The molecule has 0 aromatic carbocycles. The number of hydrogen-bond acceptors (Lipinski definition) is 4. The fourth-order valence-corrected chi connectivity index (χ4v) is 5.01. The molecule has 2 aliphatic heterocycles. The Bertz CT molecular complexity index is 605. The quantitative estimate of drug-likeness (QED) is 0.342. The van der Waals surface area contributed by atoms with Gasteiger partial charge in [0.15, 0.2) is 5.96 Å². The summed E-state index contributed by atoms with van der Waals surface area (Å²) < 4.78 is 0. The van der Waals surface area contributed by atoms with Crippen LogP contribution in [0.5, 0.6) is 0 Å². The second-order valence-corrected chi connectivity index (χ2v) is 9.17. The van der Waals surface area contributed by atoms with Gasteiger partial charge >= 0.3 is 0 Å². The van der Waals surface area contributed by atoms with Crippen molar-refractivity contribution in [3.8, 4) is 0 Å². The van der Waals surface area contributed by atoms with Crippen LogP contribution >= 0.6 is 0 Å². The molecule has 3 aliphatic rings. The smallest absolute Gasteiger partial charge is 0.239 e. The number of likely N-dealkylation sites (tertiary alicyclic amines) is 1. The van der Waals surface area contributed by atoms with Crippen molar-refractivity contribution in [1.82, 2.24) is 25.3 Å². The zero-order valence-corrected chi connectivity index (χ0v) is 19.6. The molecule has 0 aromatic rings. The fourth-order valence-electron chi connectivity index (χ4n) is 5.01. The van der Waals surface area contributed by atoms with Crippen molar-refractivity contribution in [2.24, 2.45) is 10.9 Å². The summed E-state index contributed by atoms with van der Waals surface area (Å²) in [6.45, 7) is 11.4. The van der Waals surface area contributed by atoms with Crippen molar-refractivity contribution in [2.75, 3.05) is 58.9 Å². The average molecular weight is 435 g/mol. The summed E-state index contributed by atoms with van der Waals surface area (Å²) in [6, 6.07) is -0.0464. The first-order valence-corrected chi connectivity index (χ1v) is 12.4. The molecule has 0 spiro atoms. The highest BCUT2D eigenvalue weighted by Crippen LogP contribution is 2.27. The van der Waals surface area contributed by atoms with Gasteiger partial charge in [-0.05, 0) is 45.4 Å². The van der Waals surface area contributed by atoms with Gasteiger partial charge in [-0.3, -0.25) is 19.5 Å². The van der Waals surface area contributed by atoms with E-state index in [0.717, 1.165) is 64.6 Å². The predicted octanol–water partition coefficient (Wildman–Crippen LogP) is 1.28. The third-order valence-corrected chi connectivity index (χ3v) is 6.92. The number of carbonyl (C=O) groups excluding carboxylic acids is 2. The van der Waals surface area contributed by atoms with E-state index in [0.29, 0.717) is 25.4 Å². The number of piperazine rings is 1. The summed E-state index contributed by atoms with van der Waals surface area (Å²) in [5, 5.41) is 6.41. The lowest BCUT2D eigenvalue weighted by Crippen LogP contribution is -2.57. The monoisotopic (exact) mass is 434 g/mol. The van der Waals surface area contributed by atoms with E-state index in [4.69, 9.17) is 4.99 Å². The molecule has 2 N–H and O–H groups in total. The molecule has 0 aromatic heterocycles. The van der Waals surface area contributed by atoms with Crippen LogP contribution in [0, 0.1) is 5.92 Å². The summed E-state index contributed by atoms with van der Waals surface area (Å²) in [5.41, 5.74) is 0. The lowest BCUT2D eigenvalue weighted by molar-refractivity contribution is -0.135. The Morgan fingerprint density at radius 1 is 0.935 bits per heavy atom. The highest BCUT2D eigenvalue weighted by atomic mass is 16.2. The van der Waals surface area contributed by atoms with Crippen molar-refractivity contribution >= 4 is 17.8 Å². The van der Waals surface area contributed by atoms with Gasteiger partial charge in [-0.25, -0.2) is 0 Å². The number of amides is 2. The third-order valence-electron chi connectivity index (χ3n) is 6.92. The van der Waals surface area contributed by atoms with Crippen molar-refractivity contribution in [3.05, 3.63) is 0 Å². The van der Waals surface area contributed by atoms with Gasteiger partial charge in [-0.15, -0.1) is 0 Å². The average Bonchev–Trinajstić information content (AvgIpc) is 3.49. The van der Waals surface area contributed by atoms with E-state index in [-0.39, 0.29) is 17.9 Å². The molecular weight excluding hydrogens is 392 g/mol. The summed E-state index contributed by atoms with van der Waals surface area (Å²) >= 11 is 0. The van der Waals surface area contributed by atoms with Crippen LogP contribution < -0.4 is 10.6 Å². The first-order chi connectivity index (χ1) is 15.1. The largest absolute Gasteiger partial charge is 0.357 e. The molecule has 0 bridgehead atoms. The van der Waals surface area contributed by atoms with Crippen LogP contribution in [0.3, 0.4) is 0 Å². The Morgan fingerprint density at radius 3 is 2.26 bits per heavy atom. The van der Waals surface area contributed by atoms with Gasteiger partial charge in [0.05, 0.1) is 12.6 Å². The maximum Gasteiger partial charge on any atom is 0.239 e. The molecular formula is C23H42N6O2. The molecule has 8 heteroatoms. The molecule has 1 unspecified atom stereocenters. The van der Waals surface area contributed by atoms with Crippen molar-refractivity contribution < 1.29 is 9.59 Å². The minimum absolute atomic E-state index is 0.0464. The minimum Gasteiger partial charge on any atom is -0.357 e. The normalized spacial score (nSPS) is 22.1. The predicted molar refractivity (Wildman–Crippen MR) is 124 cm³/mol. The van der Waals surface area contributed by atoms with Crippen molar-refractivity contribution in [2.45, 2.75) is 64.8 Å². The van der Waals surface area contributed by atoms with Crippen LogP contribution in [0.4, 0.5) is 0 Å². The van der Waals surface area contributed by atoms with Crippen LogP contribution in [0.25, 0.3) is 0 Å². The summed E-state index contributed by atoms with van der Waals surface area (Å²) in [6.07, 6.45) is 7.87. The summed E-state index contributed by atoms with van der Waals surface area (Å²) in [7, 11) is 0. The molecule has 176 valence electrons. The lowest BCUT2D eigenvalue weighted by Gasteiger charge is -2.39. The van der Waals surface area contributed by atoms with Gasteiger partial charge in [0.2, 0.25) is 11.8 Å². The standard InChI is InChI=1S/C23H42N6O2/c1-3-24-23(26-11-10-25-21(30)18-20-8-4-5-9-20)29-16-14-27(15-17-29)19(2)22(31)28-12-6-7-13-28/h19-20H,3-18H2,1-2H3,(H,24,26)(H,25,30). The summed E-state index contributed by atoms with van der Waals surface area (Å²) in [5.74, 6) is 1.93. The molecule has 2 amide bonds. The van der Waals surface area contributed by atoms with E-state index in [1.54, 1.807) is 0 Å². The zero-order valence-electron chi connectivity index (χ0n) is 19.6. The Labute approximate surface area is 187 Å². The van der Waals surface area contributed by atoms with Crippen molar-refractivity contribution in [1.29, 1.82) is 0 Å². The molecule has 8 nitrogen and oxygen atoms in total. The van der Waals surface area contributed by atoms with Gasteiger partial charge in [0.25, 0.3) is 0 Å². The van der Waals surface area contributed by atoms with Gasteiger partial charge in [-0.2, -0.15) is 0 Å². The maximum atomic E-state index is 12.7. The van der Waals surface area contributed by atoms with Crippen LogP contribution in [0.1, 0.15) is 58.8 Å². The Balaban J connectivity index is 1.40. The van der Waals surface area contributed by atoms with Crippen LogP contribution in [0.15, 0.2) is 4.99 Å². The van der Waals surface area contributed by atoms with Gasteiger partial charge in [0, 0.05) is 58.8 Å². The first-order valence-electron chi connectivity index (χ1n) is 12.4. The molecule has 1 saturated carbocycles. The molecule has 1 atom stereocenters.